The van der Waals surface area contributed by atoms with Crippen LogP contribution in [0.3, 0.4) is 0 Å². The number of carbonyl (C=O) groups is 1. The Labute approximate surface area is 74.1 Å². The van der Waals surface area contributed by atoms with Crippen molar-refractivity contribution in [3.63, 3.8) is 0 Å². The van der Waals surface area contributed by atoms with Crippen molar-refractivity contribution in [2.45, 2.75) is 32.7 Å². The number of amides is 1. The third-order valence-corrected chi connectivity index (χ3v) is 2.19. The van der Waals surface area contributed by atoms with Gasteiger partial charge in [-0.1, -0.05) is 6.92 Å². The van der Waals surface area contributed by atoms with Gasteiger partial charge in [0.05, 0.1) is 0 Å². The van der Waals surface area contributed by atoms with E-state index in [9.17, 15) is 4.79 Å². The average molecular weight is 170 g/mol. The quantitative estimate of drug-likeness (QED) is 0.658. The lowest BCUT2D eigenvalue weighted by atomic mass is 10.2. The number of hydrogen-bond donors (Lipinski definition) is 1. The molecular formula is C9H18N2O. The lowest BCUT2D eigenvalue weighted by molar-refractivity contribution is -0.132. The minimum atomic E-state index is 0.311. The van der Waals surface area contributed by atoms with Crippen LogP contribution >= 0.6 is 0 Å². The summed E-state index contributed by atoms with van der Waals surface area (Å²) in [4.78, 5) is 13.4. The second kappa shape index (κ2) is 4.45. The molecule has 1 atom stereocenters. The first-order valence-corrected chi connectivity index (χ1v) is 4.75. The second-order valence-electron chi connectivity index (χ2n) is 3.44. The number of hydrogen-bond acceptors (Lipinski definition) is 2. The van der Waals surface area contributed by atoms with Gasteiger partial charge in [-0.05, 0) is 13.3 Å². The summed E-state index contributed by atoms with van der Waals surface area (Å²) in [6.07, 6.45) is 1.66. The first-order valence-electron chi connectivity index (χ1n) is 4.75. The maximum Gasteiger partial charge on any atom is 0.222 e. The summed E-state index contributed by atoms with van der Waals surface area (Å²) < 4.78 is 0. The third kappa shape index (κ3) is 2.48. The van der Waals surface area contributed by atoms with Gasteiger partial charge in [0.2, 0.25) is 5.91 Å². The normalized spacial score (nSPS) is 24.2. The van der Waals surface area contributed by atoms with Gasteiger partial charge in [0.15, 0.2) is 0 Å². The van der Waals surface area contributed by atoms with Gasteiger partial charge in [0.1, 0.15) is 0 Å². The maximum atomic E-state index is 11.4. The van der Waals surface area contributed by atoms with Crippen molar-refractivity contribution in [2.24, 2.45) is 0 Å². The van der Waals surface area contributed by atoms with Crippen LogP contribution in [0.5, 0.6) is 0 Å². The Morgan fingerprint density at radius 2 is 2.42 bits per heavy atom. The van der Waals surface area contributed by atoms with Crippen molar-refractivity contribution in [1.29, 1.82) is 0 Å². The summed E-state index contributed by atoms with van der Waals surface area (Å²) in [7, 11) is 0. The molecule has 0 aromatic heterocycles. The highest BCUT2D eigenvalue weighted by molar-refractivity contribution is 5.76. The molecule has 1 aliphatic rings. The first kappa shape index (κ1) is 9.52. The smallest absolute Gasteiger partial charge is 0.222 e. The average Bonchev–Trinajstić information content (AvgIpc) is 2.05. The molecule has 0 spiro atoms. The molecule has 12 heavy (non-hydrogen) atoms. The zero-order valence-electron chi connectivity index (χ0n) is 7.97. The Kier molecular flexibility index (Phi) is 3.53. The van der Waals surface area contributed by atoms with Gasteiger partial charge >= 0.3 is 0 Å². The lowest BCUT2D eigenvalue weighted by Gasteiger charge is -2.31. The van der Waals surface area contributed by atoms with Gasteiger partial charge in [-0.25, -0.2) is 0 Å². The molecule has 1 aliphatic heterocycles. The number of nitrogens with zero attached hydrogens (tertiary/aromatic N) is 1. The molecule has 0 saturated carbocycles. The van der Waals surface area contributed by atoms with Crippen molar-refractivity contribution in [3.8, 4) is 0 Å². The number of piperazine rings is 1. The van der Waals surface area contributed by atoms with Crippen molar-refractivity contribution in [2.75, 3.05) is 19.6 Å². The summed E-state index contributed by atoms with van der Waals surface area (Å²) in [5.41, 5.74) is 0. The van der Waals surface area contributed by atoms with Crippen LogP contribution in [-0.2, 0) is 4.79 Å². The molecule has 1 N–H and O–H groups in total. The largest absolute Gasteiger partial charge is 0.340 e. The van der Waals surface area contributed by atoms with E-state index >= 15 is 0 Å². The molecular weight excluding hydrogens is 152 g/mol. The zero-order valence-corrected chi connectivity index (χ0v) is 7.97. The van der Waals surface area contributed by atoms with Crippen LogP contribution in [0.15, 0.2) is 0 Å². The molecule has 0 unspecified atom stereocenters. The number of carbonyl (C=O) groups excluding carboxylic acids is 1. The van der Waals surface area contributed by atoms with Gasteiger partial charge < -0.3 is 10.2 Å². The summed E-state index contributed by atoms with van der Waals surface area (Å²) in [5, 5.41) is 3.32. The van der Waals surface area contributed by atoms with Crippen molar-refractivity contribution >= 4 is 5.91 Å². The minimum Gasteiger partial charge on any atom is -0.340 e. The Hall–Kier alpha value is -0.570. The van der Waals surface area contributed by atoms with Gasteiger partial charge in [0, 0.05) is 32.1 Å². The van der Waals surface area contributed by atoms with Crippen LogP contribution in [0.4, 0.5) is 0 Å². The Balaban J connectivity index is 2.35. The second-order valence-corrected chi connectivity index (χ2v) is 3.44. The fraction of sp³-hybridized carbons (Fsp3) is 0.889. The highest BCUT2D eigenvalue weighted by atomic mass is 16.2. The summed E-state index contributed by atoms with van der Waals surface area (Å²) in [6.45, 7) is 6.85. The minimum absolute atomic E-state index is 0.311. The third-order valence-electron chi connectivity index (χ3n) is 2.19. The van der Waals surface area contributed by atoms with E-state index in [4.69, 9.17) is 0 Å². The van der Waals surface area contributed by atoms with E-state index < -0.39 is 0 Å². The maximum absolute atomic E-state index is 11.4. The Bertz CT molecular complexity index is 159. The fourth-order valence-corrected chi connectivity index (χ4v) is 1.53. The van der Waals surface area contributed by atoms with Crippen LogP contribution in [-0.4, -0.2) is 36.5 Å². The molecule has 0 aromatic rings. The van der Waals surface area contributed by atoms with Crippen molar-refractivity contribution < 1.29 is 4.79 Å². The molecule has 0 aliphatic carbocycles. The van der Waals surface area contributed by atoms with E-state index in [0.29, 0.717) is 18.4 Å². The number of nitrogens with one attached hydrogen (secondary N) is 1. The predicted molar refractivity (Wildman–Crippen MR) is 49.0 cm³/mol. The SMILES string of the molecule is CCCC(=O)N1CCN[C@H](C)C1. The molecule has 1 fully saturated rings. The molecule has 0 aromatic carbocycles. The van der Waals surface area contributed by atoms with E-state index in [1.807, 2.05) is 11.8 Å². The molecule has 1 amide bonds. The predicted octanol–water partition coefficient (Wildman–Crippen LogP) is 0.607. The zero-order chi connectivity index (χ0) is 8.97. The van der Waals surface area contributed by atoms with E-state index in [1.54, 1.807) is 0 Å². The molecule has 3 heteroatoms. The molecule has 1 saturated heterocycles. The van der Waals surface area contributed by atoms with Gasteiger partial charge in [0.25, 0.3) is 0 Å². The summed E-state index contributed by atoms with van der Waals surface area (Å²) >= 11 is 0. The fourth-order valence-electron chi connectivity index (χ4n) is 1.53. The van der Waals surface area contributed by atoms with E-state index in [2.05, 4.69) is 12.2 Å². The van der Waals surface area contributed by atoms with Crippen LogP contribution in [0, 0.1) is 0 Å². The summed E-state index contributed by atoms with van der Waals surface area (Å²) in [5.74, 6) is 0.311. The molecule has 3 nitrogen and oxygen atoms in total. The van der Waals surface area contributed by atoms with Crippen LogP contribution in [0.2, 0.25) is 0 Å². The van der Waals surface area contributed by atoms with Gasteiger partial charge in [-0.2, -0.15) is 0 Å². The highest BCUT2D eigenvalue weighted by Gasteiger charge is 2.18. The standard InChI is InChI=1S/C9H18N2O/c1-3-4-9(12)11-6-5-10-8(2)7-11/h8,10H,3-7H2,1-2H3/t8-/m1/s1. The molecule has 70 valence electrons. The van der Waals surface area contributed by atoms with E-state index in [1.165, 1.54) is 0 Å². The summed E-state index contributed by atoms with van der Waals surface area (Å²) in [6, 6.07) is 0.458. The molecule has 1 rings (SSSR count). The van der Waals surface area contributed by atoms with Gasteiger partial charge in [-0.15, -0.1) is 0 Å². The lowest BCUT2D eigenvalue weighted by Crippen LogP contribution is -2.51. The monoisotopic (exact) mass is 170 g/mol. The van der Waals surface area contributed by atoms with E-state index in [0.717, 1.165) is 26.1 Å². The van der Waals surface area contributed by atoms with Crippen LogP contribution < -0.4 is 5.32 Å². The van der Waals surface area contributed by atoms with Crippen LogP contribution in [0.25, 0.3) is 0 Å². The highest BCUT2D eigenvalue weighted by Crippen LogP contribution is 2.02. The van der Waals surface area contributed by atoms with Crippen molar-refractivity contribution in [1.82, 2.24) is 10.2 Å². The van der Waals surface area contributed by atoms with Gasteiger partial charge in [-0.3, -0.25) is 4.79 Å². The molecule has 0 radical (unpaired) electrons. The number of rotatable bonds is 2. The first-order chi connectivity index (χ1) is 5.74. The molecule has 0 bridgehead atoms. The topological polar surface area (TPSA) is 32.3 Å². The van der Waals surface area contributed by atoms with Crippen LogP contribution in [0.1, 0.15) is 26.7 Å². The van der Waals surface area contributed by atoms with Crippen molar-refractivity contribution in [3.05, 3.63) is 0 Å². The Morgan fingerprint density at radius 3 is 3.00 bits per heavy atom. The Morgan fingerprint density at radius 1 is 1.67 bits per heavy atom. The molecule has 1 heterocycles. The van der Waals surface area contributed by atoms with E-state index in [-0.39, 0.29) is 0 Å².